The van der Waals surface area contributed by atoms with E-state index in [4.69, 9.17) is 5.73 Å². The van der Waals surface area contributed by atoms with Crippen molar-refractivity contribution in [1.29, 1.82) is 0 Å². The van der Waals surface area contributed by atoms with Crippen LogP contribution in [-0.2, 0) is 0 Å². The van der Waals surface area contributed by atoms with Gasteiger partial charge in [-0.3, -0.25) is 0 Å². The molecule has 1 heterocycles. The van der Waals surface area contributed by atoms with Crippen LogP contribution in [0.5, 0.6) is 0 Å². The quantitative estimate of drug-likeness (QED) is 0.882. The normalized spacial score (nSPS) is 15.1. The van der Waals surface area contributed by atoms with E-state index < -0.39 is 0 Å². The minimum absolute atomic E-state index is 0.229. The summed E-state index contributed by atoms with van der Waals surface area (Å²) in [5.41, 5.74) is 8.74. The first kappa shape index (κ1) is 11.3. The molecule has 0 saturated heterocycles. The largest absolute Gasteiger partial charge is 0.383 e. The molecule has 94 valence electrons. The van der Waals surface area contributed by atoms with Crippen molar-refractivity contribution in [3.05, 3.63) is 35.4 Å². The molecule has 1 aromatic heterocycles. The molecule has 4 heteroatoms. The van der Waals surface area contributed by atoms with Crippen LogP contribution < -0.4 is 5.73 Å². The highest BCUT2D eigenvalue weighted by Crippen LogP contribution is 2.41. The Morgan fingerprint density at radius 1 is 1.33 bits per heavy atom. The molecule has 1 aliphatic carbocycles. The first-order valence-electron chi connectivity index (χ1n) is 6.18. The number of hydrogen-bond acceptors (Lipinski definition) is 2. The van der Waals surface area contributed by atoms with Gasteiger partial charge in [0.05, 0.1) is 0 Å². The Kier molecular flexibility index (Phi) is 2.40. The third-order valence-corrected chi connectivity index (χ3v) is 3.48. The highest BCUT2D eigenvalue weighted by Gasteiger charge is 2.28. The smallest absolute Gasteiger partial charge is 0.131 e. The monoisotopic (exact) mass is 245 g/mol. The van der Waals surface area contributed by atoms with Crippen molar-refractivity contribution in [1.82, 2.24) is 9.55 Å². The van der Waals surface area contributed by atoms with Crippen molar-refractivity contribution in [2.75, 3.05) is 5.73 Å². The van der Waals surface area contributed by atoms with Crippen LogP contribution in [0.15, 0.2) is 18.2 Å². The van der Waals surface area contributed by atoms with Gasteiger partial charge >= 0.3 is 0 Å². The summed E-state index contributed by atoms with van der Waals surface area (Å²) in [6.07, 6.45) is 2.34. The van der Waals surface area contributed by atoms with Crippen molar-refractivity contribution < 1.29 is 4.39 Å². The number of halogens is 1. The van der Waals surface area contributed by atoms with Gasteiger partial charge in [-0.25, -0.2) is 9.37 Å². The van der Waals surface area contributed by atoms with Crippen LogP contribution in [-0.4, -0.2) is 9.55 Å². The van der Waals surface area contributed by atoms with Gasteiger partial charge in [-0.05, 0) is 50.5 Å². The van der Waals surface area contributed by atoms with E-state index in [1.807, 2.05) is 13.8 Å². The number of hydrogen-bond donors (Lipinski definition) is 1. The SMILES string of the molecule is Cc1cc(F)ccc1-c1nc(C)n(C2CC2)c1N. The molecule has 1 aromatic carbocycles. The summed E-state index contributed by atoms with van der Waals surface area (Å²) in [4.78, 5) is 4.55. The summed E-state index contributed by atoms with van der Waals surface area (Å²) in [7, 11) is 0. The first-order chi connectivity index (χ1) is 8.58. The van der Waals surface area contributed by atoms with Gasteiger partial charge in [0.1, 0.15) is 23.2 Å². The molecule has 3 nitrogen and oxygen atoms in total. The zero-order valence-electron chi connectivity index (χ0n) is 10.6. The molecular formula is C14H16FN3. The molecule has 0 atom stereocenters. The number of benzene rings is 1. The summed E-state index contributed by atoms with van der Waals surface area (Å²) in [6.45, 7) is 3.85. The topological polar surface area (TPSA) is 43.8 Å². The number of rotatable bonds is 2. The lowest BCUT2D eigenvalue weighted by Crippen LogP contribution is -2.02. The number of imidazole rings is 1. The van der Waals surface area contributed by atoms with Crippen LogP contribution in [0.2, 0.25) is 0 Å². The van der Waals surface area contributed by atoms with Gasteiger partial charge in [-0.15, -0.1) is 0 Å². The molecule has 18 heavy (non-hydrogen) atoms. The zero-order chi connectivity index (χ0) is 12.9. The van der Waals surface area contributed by atoms with Crippen LogP contribution >= 0.6 is 0 Å². The van der Waals surface area contributed by atoms with Crippen molar-refractivity contribution in [3.63, 3.8) is 0 Å². The van der Waals surface area contributed by atoms with Crippen molar-refractivity contribution in [2.45, 2.75) is 32.7 Å². The highest BCUT2D eigenvalue weighted by molar-refractivity contribution is 5.73. The fourth-order valence-corrected chi connectivity index (χ4v) is 2.45. The Labute approximate surface area is 105 Å². The lowest BCUT2D eigenvalue weighted by atomic mass is 10.1. The second-order valence-corrected chi connectivity index (χ2v) is 4.95. The zero-order valence-corrected chi connectivity index (χ0v) is 10.6. The molecule has 0 spiro atoms. The molecule has 2 N–H and O–H groups in total. The molecule has 0 radical (unpaired) electrons. The maximum absolute atomic E-state index is 13.1. The number of aryl methyl sites for hydroxylation is 2. The molecule has 2 aromatic rings. The van der Waals surface area contributed by atoms with E-state index in [1.165, 1.54) is 25.0 Å². The molecule has 0 bridgehead atoms. The first-order valence-corrected chi connectivity index (χ1v) is 6.18. The number of nitrogens with two attached hydrogens (primary N) is 1. The predicted octanol–water partition coefficient (Wildman–Crippen LogP) is 3.22. The maximum Gasteiger partial charge on any atom is 0.131 e. The van der Waals surface area contributed by atoms with Crippen LogP contribution in [0.4, 0.5) is 10.2 Å². The predicted molar refractivity (Wildman–Crippen MR) is 69.8 cm³/mol. The highest BCUT2D eigenvalue weighted by atomic mass is 19.1. The number of anilines is 1. The van der Waals surface area contributed by atoms with E-state index >= 15 is 0 Å². The van der Waals surface area contributed by atoms with Gasteiger partial charge in [0.2, 0.25) is 0 Å². The molecule has 1 aliphatic rings. The Balaban J connectivity index is 2.14. The van der Waals surface area contributed by atoms with Crippen LogP contribution in [0.25, 0.3) is 11.3 Å². The van der Waals surface area contributed by atoms with Crippen molar-refractivity contribution in [3.8, 4) is 11.3 Å². The lowest BCUT2D eigenvalue weighted by Gasteiger charge is -2.07. The Hall–Kier alpha value is -1.84. The van der Waals surface area contributed by atoms with E-state index in [-0.39, 0.29) is 5.82 Å². The molecule has 3 rings (SSSR count). The summed E-state index contributed by atoms with van der Waals surface area (Å²) in [5.74, 6) is 1.41. The van der Waals surface area contributed by atoms with E-state index in [0.717, 1.165) is 22.6 Å². The lowest BCUT2D eigenvalue weighted by molar-refractivity contribution is 0.627. The van der Waals surface area contributed by atoms with Crippen molar-refractivity contribution >= 4 is 5.82 Å². The maximum atomic E-state index is 13.1. The van der Waals surface area contributed by atoms with E-state index in [9.17, 15) is 4.39 Å². The molecule has 0 aliphatic heterocycles. The third-order valence-electron chi connectivity index (χ3n) is 3.48. The fourth-order valence-electron chi connectivity index (χ4n) is 2.45. The number of nitrogens with zero attached hydrogens (tertiary/aromatic N) is 2. The van der Waals surface area contributed by atoms with E-state index in [1.54, 1.807) is 6.07 Å². The molecule has 0 unspecified atom stereocenters. The summed E-state index contributed by atoms with van der Waals surface area (Å²) in [6, 6.07) is 5.22. The van der Waals surface area contributed by atoms with Gasteiger partial charge in [0, 0.05) is 11.6 Å². The van der Waals surface area contributed by atoms with Crippen LogP contribution in [0.1, 0.15) is 30.3 Å². The number of aromatic nitrogens is 2. The minimum atomic E-state index is -0.229. The summed E-state index contributed by atoms with van der Waals surface area (Å²) in [5, 5.41) is 0. The average Bonchev–Trinajstić information content (AvgIpc) is 3.07. The van der Waals surface area contributed by atoms with Gasteiger partial charge in [0.25, 0.3) is 0 Å². The Bertz CT molecular complexity index is 612. The van der Waals surface area contributed by atoms with E-state index in [2.05, 4.69) is 9.55 Å². The Morgan fingerprint density at radius 2 is 2.06 bits per heavy atom. The van der Waals surface area contributed by atoms with E-state index in [0.29, 0.717) is 11.9 Å². The average molecular weight is 245 g/mol. The molecule has 1 saturated carbocycles. The molecular weight excluding hydrogens is 229 g/mol. The summed E-state index contributed by atoms with van der Waals surface area (Å²) >= 11 is 0. The van der Waals surface area contributed by atoms with Gasteiger partial charge < -0.3 is 10.3 Å². The van der Waals surface area contributed by atoms with Gasteiger partial charge in [0.15, 0.2) is 0 Å². The minimum Gasteiger partial charge on any atom is -0.383 e. The van der Waals surface area contributed by atoms with Crippen LogP contribution in [0.3, 0.4) is 0 Å². The second-order valence-electron chi connectivity index (χ2n) is 4.95. The molecule has 1 fully saturated rings. The van der Waals surface area contributed by atoms with Gasteiger partial charge in [-0.1, -0.05) is 0 Å². The fraction of sp³-hybridized carbons (Fsp3) is 0.357. The number of nitrogen functional groups attached to an aromatic ring is 1. The standard InChI is InChI=1S/C14H16FN3/c1-8-7-10(15)3-6-12(8)13-14(16)18(9(2)17-13)11-4-5-11/h3,6-7,11H,4-5,16H2,1-2H3. The van der Waals surface area contributed by atoms with Crippen molar-refractivity contribution in [2.24, 2.45) is 0 Å². The Morgan fingerprint density at radius 3 is 2.67 bits per heavy atom. The van der Waals surface area contributed by atoms with Gasteiger partial charge in [-0.2, -0.15) is 0 Å². The molecule has 0 amide bonds. The second kappa shape index (κ2) is 3.83. The van der Waals surface area contributed by atoms with Crippen LogP contribution in [0, 0.1) is 19.7 Å². The third kappa shape index (κ3) is 1.68. The summed E-state index contributed by atoms with van der Waals surface area (Å²) < 4.78 is 15.2.